The Morgan fingerprint density at radius 1 is 1.10 bits per heavy atom. The second-order valence-electron chi connectivity index (χ2n) is 6.81. The van der Waals surface area contributed by atoms with Crippen LogP contribution in [0.5, 0.6) is 5.75 Å². The lowest BCUT2D eigenvalue weighted by Gasteiger charge is -2.35. The van der Waals surface area contributed by atoms with Gasteiger partial charge < -0.3 is 19.3 Å². The Kier molecular flexibility index (Phi) is 5.85. The van der Waals surface area contributed by atoms with Gasteiger partial charge in [0.1, 0.15) is 31.1 Å². The van der Waals surface area contributed by atoms with Crippen molar-refractivity contribution >= 4 is 17.5 Å². The third kappa shape index (κ3) is 4.62. The predicted molar refractivity (Wildman–Crippen MR) is 107 cm³/mol. The van der Waals surface area contributed by atoms with E-state index in [2.05, 4.69) is 20.0 Å². The van der Waals surface area contributed by atoms with Crippen molar-refractivity contribution < 1.29 is 14.3 Å². The Labute approximate surface area is 168 Å². The molecule has 9 nitrogen and oxygen atoms in total. The highest BCUT2D eigenvalue weighted by Crippen LogP contribution is 2.18. The molecule has 0 aliphatic carbocycles. The normalized spacial score (nSPS) is 14.4. The summed E-state index contributed by atoms with van der Waals surface area (Å²) in [7, 11) is 0. The number of rotatable bonds is 7. The molecule has 1 fully saturated rings. The number of anilines is 1. The summed E-state index contributed by atoms with van der Waals surface area (Å²) in [6, 6.07) is 11.5. The van der Waals surface area contributed by atoms with E-state index in [1.54, 1.807) is 4.52 Å². The Morgan fingerprint density at radius 3 is 2.69 bits per heavy atom. The Morgan fingerprint density at radius 2 is 1.90 bits per heavy atom. The summed E-state index contributed by atoms with van der Waals surface area (Å²) >= 11 is 0. The van der Waals surface area contributed by atoms with E-state index in [0.29, 0.717) is 32.1 Å². The average Bonchev–Trinajstić information content (AvgIpc) is 3.22. The van der Waals surface area contributed by atoms with Gasteiger partial charge in [-0.1, -0.05) is 18.2 Å². The molecule has 1 saturated heterocycles. The fourth-order valence-electron chi connectivity index (χ4n) is 3.31. The molecule has 3 heterocycles. The maximum Gasteiger partial charge on any atom is 0.254 e. The maximum atomic E-state index is 12.4. The zero-order valence-electron chi connectivity index (χ0n) is 16.4. The van der Waals surface area contributed by atoms with Crippen molar-refractivity contribution in [3.63, 3.8) is 0 Å². The quantitative estimate of drug-likeness (QED) is 0.554. The van der Waals surface area contributed by atoms with Crippen molar-refractivity contribution in [3.8, 4) is 5.75 Å². The zero-order chi connectivity index (χ0) is 20.1. The summed E-state index contributed by atoms with van der Waals surface area (Å²) in [6.07, 6.45) is 1.50. The van der Waals surface area contributed by atoms with Crippen LogP contribution in [-0.4, -0.2) is 76.4 Å². The van der Waals surface area contributed by atoms with Gasteiger partial charge in [0.05, 0.1) is 6.61 Å². The Balaban J connectivity index is 1.22. The number of para-hydroxylation sites is 1. The molecule has 0 radical (unpaired) electrons. The van der Waals surface area contributed by atoms with E-state index in [1.807, 2.05) is 48.2 Å². The number of aromatic nitrogens is 4. The van der Waals surface area contributed by atoms with Gasteiger partial charge in [-0.25, -0.2) is 4.98 Å². The number of amides is 1. The van der Waals surface area contributed by atoms with Crippen LogP contribution in [-0.2, 0) is 9.53 Å². The minimum atomic E-state index is 0.00109. The smallest absolute Gasteiger partial charge is 0.254 e. The molecule has 4 rings (SSSR count). The van der Waals surface area contributed by atoms with Crippen LogP contribution in [0, 0.1) is 6.92 Å². The van der Waals surface area contributed by atoms with Crippen molar-refractivity contribution in [1.29, 1.82) is 0 Å². The molecule has 3 aromatic rings. The number of piperazine rings is 1. The molecule has 0 saturated carbocycles. The summed E-state index contributed by atoms with van der Waals surface area (Å²) < 4.78 is 12.8. The largest absolute Gasteiger partial charge is 0.491 e. The highest BCUT2D eigenvalue weighted by atomic mass is 16.5. The van der Waals surface area contributed by atoms with Crippen LogP contribution >= 0.6 is 0 Å². The number of aryl methyl sites for hydroxylation is 1. The lowest BCUT2D eigenvalue weighted by Crippen LogP contribution is -2.50. The van der Waals surface area contributed by atoms with Gasteiger partial charge in [-0.2, -0.15) is 14.6 Å². The van der Waals surface area contributed by atoms with Gasteiger partial charge in [0.15, 0.2) is 0 Å². The molecule has 152 valence electrons. The van der Waals surface area contributed by atoms with Crippen molar-refractivity contribution in [1.82, 2.24) is 24.5 Å². The number of benzene rings is 1. The molecule has 0 N–H and O–H groups in total. The number of nitrogens with zero attached hydrogens (tertiary/aromatic N) is 6. The summed E-state index contributed by atoms with van der Waals surface area (Å²) in [4.78, 5) is 25.0. The van der Waals surface area contributed by atoms with Crippen LogP contribution < -0.4 is 9.64 Å². The van der Waals surface area contributed by atoms with Gasteiger partial charge in [0.25, 0.3) is 5.78 Å². The van der Waals surface area contributed by atoms with E-state index in [9.17, 15) is 4.79 Å². The number of hydrogen-bond donors (Lipinski definition) is 0. The van der Waals surface area contributed by atoms with Crippen LogP contribution in [0.3, 0.4) is 0 Å². The Bertz CT molecular complexity index is 953. The molecule has 0 bridgehead atoms. The number of carbonyl (C=O) groups is 1. The van der Waals surface area contributed by atoms with Crippen LogP contribution in [0.2, 0.25) is 0 Å². The first-order chi connectivity index (χ1) is 14.2. The lowest BCUT2D eigenvalue weighted by molar-refractivity contribution is -0.136. The van der Waals surface area contributed by atoms with Crippen molar-refractivity contribution in [2.24, 2.45) is 0 Å². The third-order valence-electron chi connectivity index (χ3n) is 4.78. The SMILES string of the molecule is Cc1cc(N2CCN(C(=O)COCCOc3ccccc3)CC2)n2ncnc2n1. The molecule has 0 spiro atoms. The van der Waals surface area contributed by atoms with E-state index in [4.69, 9.17) is 9.47 Å². The van der Waals surface area contributed by atoms with Gasteiger partial charge in [0.2, 0.25) is 5.91 Å². The monoisotopic (exact) mass is 396 g/mol. The lowest BCUT2D eigenvalue weighted by atomic mass is 10.3. The molecule has 29 heavy (non-hydrogen) atoms. The number of carbonyl (C=O) groups excluding carboxylic acids is 1. The van der Waals surface area contributed by atoms with Crippen LogP contribution in [0.15, 0.2) is 42.7 Å². The molecule has 1 aromatic carbocycles. The first-order valence-electron chi connectivity index (χ1n) is 9.66. The molecule has 0 atom stereocenters. The summed E-state index contributed by atoms with van der Waals surface area (Å²) in [5.74, 6) is 2.34. The van der Waals surface area contributed by atoms with Crippen LogP contribution in [0.25, 0.3) is 5.78 Å². The maximum absolute atomic E-state index is 12.4. The highest BCUT2D eigenvalue weighted by Gasteiger charge is 2.23. The van der Waals surface area contributed by atoms with Gasteiger partial charge >= 0.3 is 0 Å². The van der Waals surface area contributed by atoms with E-state index >= 15 is 0 Å². The minimum absolute atomic E-state index is 0.00109. The van der Waals surface area contributed by atoms with Crippen molar-refractivity contribution in [2.75, 3.05) is 50.9 Å². The van der Waals surface area contributed by atoms with Gasteiger partial charge in [-0.05, 0) is 19.1 Å². The fraction of sp³-hybridized carbons (Fsp3) is 0.400. The Hall–Kier alpha value is -3.20. The van der Waals surface area contributed by atoms with Crippen LogP contribution in [0.1, 0.15) is 5.69 Å². The van der Waals surface area contributed by atoms with Gasteiger partial charge in [-0.3, -0.25) is 4.79 Å². The molecular formula is C20H24N6O3. The second-order valence-corrected chi connectivity index (χ2v) is 6.81. The summed E-state index contributed by atoms with van der Waals surface area (Å²) in [5, 5.41) is 4.26. The number of ether oxygens (including phenoxy) is 2. The summed E-state index contributed by atoms with van der Waals surface area (Å²) in [6.45, 7) is 5.53. The van der Waals surface area contributed by atoms with Crippen LogP contribution in [0.4, 0.5) is 5.82 Å². The van der Waals surface area contributed by atoms with E-state index < -0.39 is 0 Å². The van der Waals surface area contributed by atoms with Gasteiger partial charge in [-0.15, -0.1) is 0 Å². The van der Waals surface area contributed by atoms with Crippen molar-refractivity contribution in [2.45, 2.75) is 6.92 Å². The minimum Gasteiger partial charge on any atom is -0.491 e. The third-order valence-corrected chi connectivity index (χ3v) is 4.78. The molecule has 1 aliphatic heterocycles. The number of fused-ring (bicyclic) bond motifs is 1. The molecule has 0 unspecified atom stereocenters. The van der Waals surface area contributed by atoms with E-state index in [0.717, 1.165) is 30.4 Å². The first kappa shape index (κ1) is 19.1. The molecule has 9 heteroatoms. The molecule has 1 amide bonds. The van der Waals surface area contributed by atoms with E-state index in [-0.39, 0.29) is 12.5 Å². The highest BCUT2D eigenvalue weighted by molar-refractivity contribution is 5.77. The average molecular weight is 396 g/mol. The first-order valence-corrected chi connectivity index (χ1v) is 9.66. The molecule has 1 aliphatic rings. The molecular weight excluding hydrogens is 372 g/mol. The predicted octanol–water partition coefficient (Wildman–Crippen LogP) is 1.18. The summed E-state index contributed by atoms with van der Waals surface area (Å²) in [5.41, 5.74) is 0.894. The zero-order valence-corrected chi connectivity index (χ0v) is 16.4. The fourth-order valence-corrected chi connectivity index (χ4v) is 3.31. The van der Waals surface area contributed by atoms with Gasteiger partial charge in [0, 0.05) is 37.9 Å². The number of hydrogen-bond acceptors (Lipinski definition) is 7. The second kappa shape index (κ2) is 8.87. The topological polar surface area (TPSA) is 85.1 Å². The van der Waals surface area contributed by atoms with E-state index in [1.165, 1.54) is 6.33 Å². The molecule has 2 aromatic heterocycles. The van der Waals surface area contributed by atoms with Crippen molar-refractivity contribution in [3.05, 3.63) is 48.4 Å². The standard InChI is InChI=1S/C20H24N6O3/c1-16-13-18(26-20(23-16)21-15-22-26)24-7-9-25(10-8-24)19(27)14-28-11-12-29-17-5-3-2-4-6-17/h2-6,13,15H,7-12,14H2,1H3.